The van der Waals surface area contributed by atoms with Crippen LogP contribution in [0.2, 0.25) is 0 Å². The van der Waals surface area contributed by atoms with Gasteiger partial charge in [0.15, 0.2) is 0 Å². The number of hydrogen-bond acceptors (Lipinski definition) is 5. The van der Waals surface area contributed by atoms with E-state index in [1.165, 1.54) is 0 Å². The van der Waals surface area contributed by atoms with Crippen molar-refractivity contribution in [3.8, 4) is 23.0 Å². The van der Waals surface area contributed by atoms with Crippen molar-refractivity contribution in [2.45, 2.75) is 13.8 Å². The smallest absolute Gasteiger partial charge is 0.260 e. The van der Waals surface area contributed by atoms with Gasteiger partial charge in [-0.1, -0.05) is 29.4 Å². The van der Waals surface area contributed by atoms with Crippen LogP contribution < -0.4 is 5.32 Å². The Labute approximate surface area is 162 Å². The largest absolute Gasteiger partial charge is 0.333 e. The van der Waals surface area contributed by atoms with Crippen LogP contribution in [0.15, 0.2) is 71.4 Å². The second-order valence-corrected chi connectivity index (χ2v) is 6.44. The Morgan fingerprint density at radius 3 is 2.57 bits per heavy atom. The van der Waals surface area contributed by atoms with Crippen LogP contribution in [-0.4, -0.2) is 21.0 Å². The molecule has 0 unspecified atom stereocenters. The van der Waals surface area contributed by atoms with Gasteiger partial charge in [-0.25, -0.2) is 0 Å². The third kappa shape index (κ3) is 3.53. The highest BCUT2D eigenvalue weighted by Crippen LogP contribution is 2.28. The van der Waals surface area contributed by atoms with Crippen LogP contribution in [0.4, 0.5) is 5.69 Å². The first kappa shape index (κ1) is 17.6. The molecule has 0 aliphatic carbocycles. The number of nitrogens with one attached hydrogen (secondary N) is 1. The first-order chi connectivity index (χ1) is 13.6. The van der Waals surface area contributed by atoms with Crippen molar-refractivity contribution >= 4 is 11.6 Å². The monoisotopic (exact) mass is 370 g/mol. The molecule has 1 amide bonds. The summed E-state index contributed by atoms with van der Waals surface area (Å²) in [6.45, 7) is 4.00. The highest BCUT2D eigenvalue weighted by Gasteiger charge is 2.16. The summed E-state index contributed by atoms with van der Waals surface area (Å²) in [6, 6.07) is 18.4. The fourth-order valence-corrected chi connectivity index (χ4v) is 2.79. The molecular formula is C22H18N4O2. The molecule has 0 radical (unpaired) electrons. The Kier molecular flexibility index (Phi) is 4.68. The lowest BCUT2D eigenvalue weighted by Crippen LogP contribution is -2.13. The summed E-state index contributed by atoms with van der Waals surface area (Å²) in [5, 5.41) is 6.94. The molecular weight excluding hydrogens is 352 g/mol. The maximum Gasteiger partial charge on any atom is 0.260 e. The first-order valence-electron chi connectivity index (χ1n) is 8.85. The molecule has 6 nitrogen and oxygen atoms in total. The van der Waals surface area contributed by atoms with E-state index in [1.807, 2.05) is 68.4 Å². The third-order valence-corrected chi connectivity index (χ3v) is 4.49. The number of aryl methyl sites for hydroxylation is 2. The van der Waals surface area contributed by atoms with Crippen LogP contribution in [0.1, 0.15) is 21.5 Å². The molecule has 0 bridgehead atoms. The number of para-hydroxylation sites is 1. The van der Waals surface area contributed by atoms with Gasteiger partial charge < -0.3 is 9.84 Å². The average molecular weight is 370 g/mol. The molecule has 0 aliphatic heterocycles. The van der Waals surface area contributed by atoms with E-state index in [-0.39, 0.29) is 5.91 Å². The number of pyridine rings is 1. The van der Waals surface area contributed by atoms with Crippen molar-refractivity contribution in [2.75, 3.05) is 5.32 Å². The maximum absolute atomic E-state index is 12.7. The summed E-state index contributed by atoms with van der Waals surface area (Å²) in [5.74, 6) is 0.516. The molecule has 2 aromatic carbocycles. The Balaban J connectivity index is 1.63. The van der Waals surface area contributed by atoms with Crippen molar-refractivity contribution < 1.29 is 9.32 Å². The van der Waals surface area contributed by atoms with Gasteiger partial charge in [0.1, 0.15) is 5.69 Å². The molecule has 2 heterocycles. The predicted molar refractivity (Wildman–Crippen MR) is 107 cm³/mol. The lowest BCUT2D eigenvalue weighted by Gasteiger charge is -2.09. The highest BCUT2D eigenvalue weighted by molar-refractivity contribution is 6.06. The number of anilines is 1. The molecule has 0 saturated carbocycles. The lowest BCUT2D eigenvalue weighted by atomic mass is 10.1. The van der Waals surface area contributed by atoms with Crippen LogP contribution in [0.5, 0.6) is 0 Å². The second-order valence-electron chi connectivity index (χ2n) is 6.44. The maximum atomic E-state index is 12.7. The Morgan fingerprint density at radius 2 is 1.79 bits per heavy atom. The van der Waals surface area contributed by atoms with E-state index in [0.717, 1.165) is 11.1 Å². The number of hydrogen-bond donors (Lipinski definition) is 1. The van der Waals surface area contributed by atoms with Crippen LogP contribution >= 0.6 is 0 Å². The van der Waals surface area contributed by atoms with E-state index >= 15 is 0 Å². The number of carbonyl (C=O) groups is 1. The average Bonchev–Trinajstić information content (AvgIpc) is 3.21. The fourth-order valence-electron chi connectivity index (χ4n) is 2.79. The van der Waals surface area contributed by atoms with E-state index in [2.05, 4.69) is 20.4 Å². The van der Waals surface area contributed by atoms with Gasteiger partial charge in [0.25, 0.3) is 11.8 Å². The van der Waals surface area contributed by atoms with Gasteiger partial charge in [-0.2, -0.15) is 4.98 Å². The van der Waals surface area contributed by atoms with Gasteiger partial charge in [-0.15, -0.1) is 0 Å². The quantitative estimate of drug-likeness (QED) is 0.565. The van der Waals surface area contributed by atoms with Crippen molar-refractivity contribution in [2.24, 2.45) is 0 Å². The zero-order chi connectivity index (χ0) is 19.5. The van der Waals surface area contributed by atoms with Crippen LogP contribution in [-0.2, 0) is 0 Å². The van der Waals surface area contributed by atoms with E-state index in [4.69, 9.17) is 4.52 Å². The molecule has 1 N–H and O–H groups in total. The number of aromatic nitrogens is 3. The summed E-state index contributed by atoms with van der Waals surface area (Å²) in [6.07, 6.45) is 1.67. The van der Waals surface area contributed by atoms with E-state index in [1.54, 1.807) is 12.3 Å². The van der Waals surface area contributed by atoms with E-state index < -0.39 is 0 Å². The van der Waals surface area contributed by atoms with Crippen LogP contribution in [0.25, 0.3) is 23.0 Å². The molecule has 0 spiro atoms. The van der Waals surface area contributed by atoms with Crippen LogP contribution in [0.3, 0.4) is 0 Å². The first-order valence-corrected chi connectivity index (χ1v) is 8.85. The molecule has 2 aromatic heterocycles. The Bertz CT molecular complexity index is 1140. The SMILES string of the molecule is Cc1ccc(C(=O)Nc2ccccc2-c2nc(-c3ccccn3)no2)cc1C. The molecule has 0 atom stereocenters. The van der Waals surface area contributed by atoms with Crippen molar-refractivity contribution in [3.05, 3.63) is 83.6 Å². The lowest BCUT2D eigenvalue weighted by molar-refractivity contribution is 0.102. The summed E-state index contributed by atoms with van der Waals surface area (Å²) in [7, 11) is 0. The van der Waals surface area contributed by atoms with Crippen molar-refractivity contribution in [3.63, 3.8) is 0 Å². The van der Waals surface area contributed by atoms with E-state index in [0.29, 0.717) is 34.2 Å². The number of benzene rings is 2. The summed E-state index contributed by atoms with van der Waals surface area (Å²) in [5.41, 5.74) is 4.67. The number of amides is 1. The number of carbonyl (C=O) groups excluding carboxylic acids is 1. The fraction of sp³-hybridized carbons (Fsp3) is 0.0909. The zero-order valence-corrected chi connectivity index (χ0v) is 15.5. The van der Waals surface area contributed by atoms with Gasteiger partial charge in [-0.05, 0) is 61.4 Å². The predicted octanol–water partition coefficient (Wildman–Crippen LogP) is 4.67. The van der Waals surface area contributed by atoms with Gasteiger partial charge in [-0.3, -0.25) is 9.78 Å². The molecule has 0 saturated heterocycles. The van der Waals surface area contributed by atoms with Crippen LogP contribution in [0, 0.1) is 13.8 Å². The van der Waals surface area contributed by atoms with Gasteiger partial charge >= 0.3 is 0 Å². The third-order valence-electron chi connectivity index (χ3n) is 4.49. The highest BCUT2D eigenvalue weighted by atomic mass is 16.5. The number of rotatable bonds is 4. The molecule has 6 heteroatoms. The summed E-state index contributed by atoms with van der Waals surface area (Å²) >= 11 is 0. The molecule has 4 rings (SSSR count). The minimum atomic E-state index is -0.194. The van der Waals surface area contributed by atoms with E-state index in [9.17, 15) is 4.79 Å². The normalized spacial score (nSPS) is 10.6. The van der Waals surface area contributed by atoms with Crippen molar-refractivity contribution in [1.82, 2.24) is 15.1 Å². The minimum absolute atomic E-state index is 0.194. The standard InChI is InChI=1S/C22H18N4O2/c1-14-10-11-16(13-15(14)2)21(27)24-18-8-4-3-7-17(18)22-25-20(26-28-22)19-9-5-6-12-23-19/h3-13H,1-2H3,(H,24,27). The summed E-state index contributed by atoms with van der Waals surface area (Å²) in [4.78, 5) is 21.4. The van der Waals surface area contributed by atoms with Gasteiger partial charge in [0.2, 0.25) is 5.82 Å². The Morgan fingerprint density at radius 1 is 0.964 bits per heavy atom. The van der Waals surface area contributed by atoms with Gasteiger partial charge in [0.05, 0.1) is 11.3 Å². The molecule has 28 heavy (non-hydrogen) atoms. The summed E-state index contributed by atoms with van der Waals surface area (Å²) < 4.78 is 5.42. The molecule has 138 valence electrons. The zero-order valence-electron chi connectivity index (χ0n) is 15.5. The van der Waals surface area contributed by atoms with Gasteiger partial charge in [0, 0.05) is 11.8 Å². The second kappa shape index (κ2) is 7.44. The van der Waals surface area contributed by atoms with Crippen molar-refractivity contribution in [1.29, 1.82) is 0 Å². The molecule has 0 aliphatic rings. The molecule has 4 aromatic rings. The molecule has 0 fully saturated rings. The Hall–Kier alpha value is -3.80. The number of nitrogens with zero attached hydrogens (tertiary/aromatic N) is 3. The minimum Gasteiger partial charge on any atom is -0.333 e. The topological polar surface area (TPSA) is 80.9 Å².